The van der Waals surface area contributed by atoms with Gasteiger partial charge in [0.05, 0.1) is 16.5 Å². The number of nitrogens with zero attached hydrogens (tertiary/aromatic N) is 1. The van der Waals surface area contributed by atoms with Gasteiger partial charge in [-0.2, -0.15) is 5.26 Å². The van der Waals surface area contributed by atoms with Crippen LogP contribution in [0.4, 0.5) is 11.4 Å². The largest absolute Gasteiger partial charge is 0.322 e. The lowest BCUT2D eigenvalue weighted by Gasteiger charge is -2.10. The number of carbonyl (C=O) groups is 1. The van der Waals surface area contributed by atoms with E-state index >= 15 is 0 Å². The number of nitrogens with one attached hydrogen (secondary N) is 2. The lowest BCUT2D eigenvalue weighted by Crippen LogP contribution is -2.16. The summed E-state index contributed by atoms with van der Waals surface area (Å²) in [6.07, 6.45) is 0. The molecule has 0 saturated heterocycles. The molecule has 0 unspecified atom stereocenters. The number of sulfonamides is 1. The van der Waals surface area contributed by atoms with Crippen LogP contribution in [-0.4, -0.2) is 14.3 Å². The lowest BCUT2D eigenvalue weighted by atomic mass is 10.2. The first-order chi connectivity index (χ1) is 13.4. The molecular weight excluding hydrogens is 374 g/mol. The SMILES string of the molecule is Cc1cccc(NS(=O)(=O)c2cccc(C(=O)Nc3ccc(C#N)cc3)c2)c1. The van der Waals surface area contributed by atoms with Crippen LogP contribution >= 0.6 is 0 Å². The van der Waals surface area contributed by atoms with Gasteiger partial charge < -0.3 is 5.32 Å². The molecule has 0 aliphatic heterocycles. The van der Waals surface area contributed by atoms with Gasteiger partial charge >= 0.3 is 0 Å². The second-order valence-electron chi connectivity index (χ2n) is 6.15. The van der Waals surface area contributed by atoms with E-state index in [0.717, 1.165) is 5.56 Å². The summed E-state index contributed by atoms with van der Waals surface area (Å²) in [5, 5.41) is 11.5. The number of carbonyl (C=O) groups excluding carboxylic acids is 1. The monoisotopic (exact) mass is 391 g/mol. The third-order valence-electron chi connectivity index (χ3n) is 3.95. The second-order valence-corrected chi connectivity index (χ2v) is 7.83. The minimum Gasteiger partial charge on any atom is -0.322 e. The number of aryl methyl sites for hydroxylation is 1. The van der Waals surface area contributed by atoms with Gasteiger partial charge in [0.25, 0.3) is 15.9 Å². The van der Waals surface area contributed by atoms with Gasteiger partial charge in [0, 0.05) is 16.9 Å². The lowest BCUT2D eigenvalue weighted by molar-refractivity contribution is 0.102. The van der Waals surface area contributed by atoms with E-state index in [1.807, 2.05) is 19.1 Å². The zero-order valence-corrected chi connectivity index (χ0v) is 15.8. The van der Waals surface area contributed by atoms with Crippen LogP contribution < -0.4 is 10.0 Å². The Kier molecular flexibility index (Phi) is 5.43. The Morgan fingerprint density at radius 2 is 1.64 bits per heavy atom. The van der Waals surface area contributed by atoms with Crippen LogP contribution in [0.5, 0.6) is 0 Å². The van der Waals surface area contributed by atoms with Crippen LogP contribution in [-0.2, 0) is 10.0 Å². The number of hydrogen-bond acceptors (Lipinski definition) is 4. The van der Waals surface area contributed by atoms with E-state index in [1.165, 1.54) is 24.3 Å². The third kappa shape index (κ3) is 4.55. The normalized spacial score (nSPS) is 10.7. The van der Waals surface area contributed by atoms with E-state index in [0.29, 0.717) is 16.9 Å². The summed E-state index contributed by atoms with van der Waals surface area (Å²) in [7, 11) is -3.83. The maximum absolute atomic E-state index is 12.6. The van der Waals surface area contributed by atoms with Crippen LogP contribution in [0.3, 0.4) is 0 Å². The summed E-state index contributed by atoms with van der Waals surface area (Å²) in [5.74, 6) is -0.447. The first kappa shape index (κ1) is 19.1. The summed E-state index contributed by atoms with van der Waals surface area (Å²) in [6.45, 7) is 1.87. The molecule has 140 valence electrons. The molecule has 6 nitrogen and oxygen atoms in total. The Bertz CT molecular complexity index is 1160. The van der Waals surface area contributed by atoms with Gasteiger partial charge in [0.1, 0.15) is 0 Å². The van der Waals surface area contributed by atoms with E-state index in [2.05, 4.69) is 10.0 Å². The highest BCUT2D eigenvalue weighted by molar-refractivity contribution is 7.92. The highest BCUT2D eigenvalue weighted by Gasteiger charge is 2.17. The summed E-state index contributed by atoms with van der Waals surface area (Å²) < 4.78 is 27.8. The predicted molar refractivity (Wildman–Crippen MR) is 108 cm³/mol. The fourth-order valence-electron chi connectivity index (χ4n) is 2.56. The van der Waals surface area contributed by atoms with Gasteiger partial charge in [0.2, 0.25) is 0 Å². The topological polar surface area (TPSA) is 99.1 Å². The molecular formula is C21H17N3O3S. The van der Waals surface area contributed by atoms with Crippen molar-refractivity contribution in [3.8, 4) is 6.07 Å². The molecule has 0 bridgehead atoms. The number of benzene rings is 3. The third-order valence-corrected chi connectivity index (χ3v) is 5.33. The van der Waals surface area contributed by atoms with Crippen molar-refractivity contribution in [2.24, 2.45) is 0 Å². The molecule has 0 heterocycles. The summed E-state index contributed by atoms with van der Waals surface area (Å²) in [6, 6.07) is 21.2. The summed E-state index contributed by atoms with van der Waals surface area (Å²) in [5.41, 5.74) is 2.57. The van der Waals surface area contributed by atoms with Crippen molar-refractivity contribution in [3.63, 3.8) is 0 Å². The molecule has 1 amide bonds. The van der Waals surface area contributed by atoms with E-state index < -0.39 is 15.9 Å². The molecule has 2 N–H and O–H groups in total. The Morgan fingerprint density at radius 3 is 2.32 bits per heavy atom. The Balaban J connectivity index is 1.80. The quantitative estimate of drug-likeness (QED) is 0.688. The van der Waals surface area contributed by atoms with Crippen LogP contribution in [0.15, 0.2) is 77.7 Å². The van der Waals surface area contributed by atoms with Gasteiger partial charge in [-0.05, 0) is 67.1 Å². The average molecular weight is 391 g/mol. The molecule has 3 aromatic rings. The smallest absolute Gasteiger partial charge is 0.261 e. The molecule has 3 rings (SSSR count). The van der Waals surface area contributed by atoms with Crippen LogP contribution in [0.1, 0.15) is 21.5 Å². The van der Waals surface area contributed by atoms with E-state index in [1.54, 1.807) is 42.5 Å². The molecule has 0 radical (unpaired) electrons. The molecule has 0 aliphatic carbocycles. The Morgan fingerprint density at radius 1 is 0.929 bits per heavy atom. The summed E-state index contributed by atoms with van der Waals surface area (Å²) in [4.78, 5) is 12.4. The predicted octanol–water partition coefficient (Wildman–Crippen LogP) is 3.92. The summed E-state index contributed by atoms with van der Waals surface area (Å²) >= 11 is 0. The fourth-order valence-corrected chi connectivity index (χ4v) is 3.65. The van der Waals surface area contributed by atoms with Gasteiger partial charge in [-0.15, -0.1) is 0 Å². The molecule has 7 heteroatoms. The average Bonchev–Trinajstić information content (AvgIpc) is 2.68. The number of nitriles is 1. The second kappa shape index (κ2) is 7.94. The maximum atomic E-state index is 12.6. The molecule has 0 aromatic heterocycles. The first-order valence-electron chi connectivity index (χ1n) is 8.38. The fraction of sp³-hybridized carbons (Fsp3) is 0.0476. The van der Waals surface area contributed by atoms with E-state index in [4.69, 9.17) is 5.26 Å². The van der Waals surface area contributed by atoms with Crippen molar-refractivity contribution < 1.29 is 13.2 Å². The van der Waals surface area contributed by atoms with Crippen molar-refractivity contribution in [2.45, 2.75) is 11.8 Å². The molecule has 3 aromatic carbocycles. The van der Waals surface area contributed by atoms with E-state index in [9.17, 15) is 13.2 Å². The molecule has 0 fully saturated rings. The number of anilines is 2. The number of hydrogen-bond donors (Lipinski definition) is 2. The van der Waals surface area contributed by atoms with Crippen LogP contribution in [0.25, 0.3) is 0 Å². The highest BCUT2D eigenvalue weighted by Crippen LogP contribution is 2.19. The minimum atomic E-state index is -3.83. The standard InChI is InChI=1S/C21H17N3O3S/c1-15-4-2-6-19(12-15)24-28(26,27)20-7-3-5-17(13-20)21(25)23-18-10-8-16(14-22)9-11-18/h2-13,24H,1H3,(H,23,25). The Hall–Kier alpha value is -3.63. The van der Waals surface area contributed by atoms with Crippen LogP contribution in [0.2, 0.25) is 0 Å². The molecule has 0 atom stereocenters. The molecule has 0 aliphatic rings. The van der Waals surface area contributed by atoms with Crippen molar-refractivity contribution in [2.75, 3.05) is 10.0 Å². The molecule has 28 heavy (non-hydrogen) atoms. The highest BCUT2D eigenvalue weighted by atomic mass is 32.2. The number of amides is 1. The molecule has 0 spiro atoms. The molecule has 0 saturated carbocycles. The first-order valence-corrected chi connectivity index (χ1v) is 9.87. The van der Waals surface area contributed by atoms with Gasteiger partial charge in [-0.1, -0.05) is 18.2 Å². The van der Waals surface area contributed by atoms with Crippen molar-refractivity contribution in [3.05, 3.63) is 89.5 Å². The van der Waals surface area contributed by atoms with Gasteiger partial charge in [-0.3, -0.25) is 9.52 Å². The maximum Gasteiger partial charge on any atom is 0.261 e. The zero-order chi connectivity index (χ0) is 20.1. The van der Waals surface area contributed by atoms with Crippen molar-refractivity contribution >= 4 is 27.3 Å². The van der Waals surface area contributed by atoms with Gasteiger partial charge in [0.15, 0.2) is 0 Å². The van der Waals surface area contributed by atoms with Crippen molar-refractivity contribution in [1.82, 2.24) is 0 Å². The van der Waals surface area contributed by atoms with Crippen molar-refractivity contribution in [1.29, 1.82) is 5.26 Å². The van der Waals surface area contributed by atoms with E-state index in [-0.39, 0.29) is 10.5 Å². The Labute approximate surface area is 163 Å². The minimum absolute atomic E-state index is 0.0125. The van der Waals surface area contributed by atoms with Gasteiger partial charge in [-0.25, -0.2) is 8.42 Å². The van der Waals surface area contributed by atoms with Crippen LogP contribution in [0, 0.1) is 18.3 Å². The number of rotatable bonds is 5. The zero-order valence-electron chi connectivity index (χ0n) is 15.0.